The van der Waals surface area contributed by atoms with Gasteiger partial charge in [-0.2, -0.15) is 0 Å². The van der Waals surface area contributed by atoms with E-state index >= 15 is 0 Å². The van der Waals surface area contributed by atoms with Crippen LogP contribution < -0.4 is 5.32 Å². The van der Waals surface area contributed by atoms with E-state index in [1.807, 2.05) is 19.1 Å². The van der Waals surface area contributed by atoms with Gasteiger partial charge < -0.3 is 9.73 Å². The monoisotopic (exact) mass is 325 g/mol. The summed E-state index contributed by atoms with van der Waals surface area (Å²) in [5, 5.41) is 3.39. The number of halogens is 2. The Bertz CT molecular complexity index is 553. The molecule has 0 aliphatic heterocycles. The fraction of sp³-hybridized carbons (Fsp3) is 0.333. The maximum atomic E-state index is 13.5. The van der Waals surface area contributed by atoms with Crippen molar-refractivity contribution in [2.24, 2.45) is 0 Å². The molecule has 19 heavy (non-hydrogen) atoms. The molecule has 102 valence electrons. The summed E-state index contributed by atoms with van der Waals surface area (Å²) in [5.74, 6) is 1.41. The van der Waals surface area contributed by atoms with Gasteiger partial charge in [-0.1, -0.05) is 22.9 Å². The molecule has 0 radical (unpaired) electrons. The number of nitrogens with one attached hydrogen (secondary N) is 1. The van der Waals surface area contributed by atoms with Gasteiger partial charge in [0.2, 0.25) is 0 Å². The summed E-state index contributed by atoms with van der Waals surface area (Å²) in [6.07, 6.45) is 1.00. The molecule has 2 aromatic rings. The van der Waals surface area contributed by atoms with Crippen molar-refractivity contribution < 1.29 is 8.81 Å². The predicted octanol–water partition coefficient (Wildman–Crippen LogP) is 4.58. The molecular weight excluding hydrogens is 309 g/mol. The van der Waals surface area contributed by atoms with Crippen molar-refractivity contribution in [1.29, 1.82) is 0 Å². The molecular formula is C15H17BrFNO. The van der Waals surface area contributed by atoms with E-state index < -0.39 is 0 Å². The van der Waals surface area contributed by atoms with Crippen LogP contribution in [0.25, 0.3) is 0 Å². The third kappa shape index (κ3) is 3.45. The molecule has 4 heteroatoms. The van der Waals surface area contributed by atoms with Gasteiger partial charge in [0.15, 0.2) is 0 Å². The Morgan fingerprint density at radius 2 is 2.11 bits per heavy atom. The third-order valence-electron chi connectivity index (χ3n) is 2.91. The van der Waals surface area contributed by atoms with E-state index in [9.17, 15) is 4.39 Å². The molecule has 0 amide bonds. The van der Waals surface area contributed by atoms with Crippen molar-refractivity contribution in [2.45, 2.75) is 26.3 Å². The largest absolute Gasteiger partial charge is 0.464 e. The number of furan rings is 1. The molecule has 0 saturated heterocycles. The summed E-state index contributed by atoms with van der Waals surface area (Å²) >= 11 is 3.48. The summed E-state index contributed by atoms with van der Waals surface area (Å²) in [4.78, 5) is 0. The summed E-state index contributed by atoms with van der Waals surface area (Å²) in [5.41, 5.74) is 0.850. The van der Waals surface area contributed by atoms with Crippen molar-refractivity contribution >= 4 is 15.9 Å². The fourth-order valence-electron chi connectivity index (χ4n) is 2.00. The molecule has 2 rings (SSSR count). The van der Waals surface area contributed by atoms with Gasteiger partial charge in [0.05, 0.1) is 6.04 Å². The highest BCUT2D eigenvalue weighted by atomic mass is 79.9. The molecule has 0 bridgehead atoms. The molecule has 0 spiro atoms. The van der Waals surface area contributed by atoms with Crippen LogP contribution in [0.2, 0.25) is 0 Å². The van der Waals surface area contributed by atoms with Crippen LogP contribution in [0.3, 0.4) is 0 Å². The smallest absolute Gasteiger partial charge is 0.125 e. The molecule has 0 aliphatic carbocycles. The van der Waals surface area contributed by atoms with E-state index in [2.05, 4.69) is 28.2 Å². The summed E-state index contributed by atoms with van der Waals surface area (Å²) in [6.45, 7) is 4.84. The van der Waals surface area contributed by atoms with Gasteiger partial charge in [-0.3, -0.25) is 0 Å². The molecule has 0 fully saturated rings. The highest BCUT2D eigenvalue weighted by Gasteiger charge is 2.19. The molecule has 1 aromatic carbocycles. The van der Waals surface area contributed by atoms with E-state index in [4.69, 9.17) is 4.42 Å². The summed E-state index contributed by atoms with van der Waals surface area (Å²) in [6, 6.07) is 8.41. The quantitative estimate of drug-likeness (QED) is 0.870. The first-order valence-electron chi connectivity index (χ1n) is 6.36. The van der Waals surface area contributed by atoms with Crippen molar-refractivity contribution in [2.75, 3.05) is 6.54 Å². The minimum atomic E-state index is -0.246. The van der Waals surface area contributed by atoms with Crippen LogP contribution in [-0.2, 0) is 0 Å². The van der Waals surface area contributed by atoms with Crippen LogP contribution in [-0.4, -0.2) is 6.54 Å². The van der Waals surface area contributed by atoms with E-state index in [1.165, 1.54) is 12.1 Å². The lowest BCUT2D eigenvalue weighted by atomic mass is 10.0. The zero-order valence-corrected chi connectivity index (χ0v) is 12.6. The average Bonchev–Trinajstić information content (AvgIpc) is 2.80. The number of rotatable bonds is 5. The highest BCUT2D eigenvalue weighted by Crippen LogP contribution is 2.30. The van der Waals surface area contributed by atoms with Crippen LogP contribution >= 0.6 is 15.9 Å². The zero-order chi connectivity index (χ0) is 13.8. The average molecular weight is 326 g/mol. The molecule has 0 saturated carbocycles. The van der Waals surface area contributed by atoms with Crippen LogP contribution in [0, 0.1) is 12.7 Å². The Hall–Kier alpha value is -1.13. The van der Waals surface area contributed by atoms with Crippen LogP contribution in [0.4, 0.5) is 4.39 Å². The lowest BCUT2D eigenvalue weighted by Crippen LogP contribution is -2.23. The molecule has 1 N–H and O–H groups in total. The second-order valence-corrected chi connectivity index (χ2v) is 5.36. The van der Waals surface area contributed by atoms with Crippen molar-refractivity contribution in [3.05, 3.63) is 57.7 Å². The second kappa shape index (κ2) is 6.35. The first-order chi connectivity index (χ1) is 9.11. The molecule has 0 aliphatic rings. The van der Waals surface area contributed by atoms with Crippen LogP contribution in [0.15, 0.2) is 39.2 Å². The molecule has 1 aromatic heterocycles. The Kier molecular flexibility index (Phi) is 4.77. The van der Waals surface area contributed by atoms with E-state index in [0.717, 1.165) is 34.5 Å². The number of hydrogen-bond donors (Lipinski definition) is 1. The first-order valence-corrected chi connectivity index (χ1v) is 7.15. The Morgan fingerprint density at radius 3 is 2.74 bits per heavy atom. The van der Waals surface area contributed by atoms with Gasteiger partial charge in [-0.15, -0.1) is 0 Å². The number of hydrogen-bond acceptors (Lipinski definition) is 2. The van der Waals surface area contributed by atoms with Crippen LogP contribution in [0.5, 0.6) is 0 Å². The number of benzene rings is 1. The van der Waals surface area contributed by atoms with E-state index in [1.54, 1.807) is 6.07 Å². The normalized spacial score (nSPS) is 12.6. The number of aryl methyl sites for hydroxylation is 1. The highest BCUT2D eigenvalue weighted by molar-refractivity contribution is 9.10. The zero-order valence-electron chi connectivity index (χ0n) is 11.0. The standard InChI is InChI=1S/C15H17BrFNO/c1-3-8-18-15(14-7-4-10(2)19-14)12-9-11(17)5-6-13(12)16/h4-7,9,15,18H,3,8H2,1-2H3. The topological polar surface area (TPSA) is 25.2 Å². The second-order valence-electron chi connectivity index (χ2n) is 4.50. The molecule has 1 atom stereocenters. The van der Waals surface area contributed by atoms with Gasteiger partial charge in [0, 0.05) is 4.47 Å². The lowest BCUT2D eigenvalue weighted by Gasteiger charge is -2.18. The summed E-state index contributed by atoms with van der Waals surface area (Å²) in [7, 11) is 0. The van der Waals surface area contributed by atoms with Crippen molar-refractivity contribution in [3.8, 4) is 0 Å². The Labute approximate surface area is 121 Å². The Morgan fingerprint density at radius 1 is 1.32 bits per heavy atom. The molecule has 1 heterocycles. The van der Waals surface area contributed by atoms with Crippen molar-refractivity contribution in [3.63, 3.8) is 0 Å². The lowest BCUT2D eigenvalue weighted by molar-refractivity contribution is 0.429. The summed E-state index contributed by atoms with van der Waals surface area (Å²) < 4.78 is 20.0. The molecule has 1 unspecified atom stereocenters. The predicted molar refractivity (Wildman–Crippen MR) is 77.7 cm³/mol. The van der Waals surface area contributed by atoms with Gasteiger partial charge in [-0.25, -0.2) is 4.39 Å². The van der Waals surface area contributed by atoms with Crippen LogP contribution in [0.1, 0.15) is 36.5 Å². The fourth-order valence-corrected chi connectivity index (χ4v) is 2.47. The Balaban J connectivity index is 2.39. The first kappa shape index (κ1) is 14.3. The maximum absolute atomic E-state index is 13.5. The van der Waals surface area contributed by atoms with Crippen molar-refractivity contribution in [1.82, 2.24) is 5.32 Å². The van der Waals surface area contributed by atoms with Gasteiger partial charge in [0.25, 0.3) is 0 Å². The van der Waals surface area contributed by atoms with E-state index in [-0.39, 0.29) is 11.9 Å². The third-order valence-corrected chi connectivity index (χ3v) is 3.64. The van der Waals surface area contributed by atoms with Gasteiger partial charge >= 0.3 is 0 Å². The minimum Gasteiger partial charge on any atom is -0.464 e. The van der Waals surface area contributed by atoms with Gasteiger partial charge in [-0.05, 0) is 55.8 Å². The maximum Gasteiger partial charge on any atom is 0.125 e. The van der Waals surface area contributed by atoms with Gasteiger partial charge in [0.1, 0.15) is 17.3 Å². The van der Waals surface area contributed by atoms with E-state index in [0.29, 0.717) is 0 Å². The SMILES string of the molecule is CCCNC(c1ccc(C)o1)c1cc(F)ccc1Br. The molecule has 2 nitrogen and oxygen atoms in total. The minimum absolute atomic E-state index is 0.140.